The molecule has 3 rings (SSSR count). The van der Waals surface area contributed by atoms with Gasteiger partial charge in [-0.3, -0.25) is 9.59 Å². The van der Waals surface area contributed by atoms with Gasteiger partial charge < -0.3 is 10.6 Å². The number of rotatable bonds is 6. The first-order valence-electron chi connectivity index (χ1n) is 8.58. The molecule has 4 nitrogen and oxygen atoms in total. The number of benzene rings is 3. The molecular weight excluding hydrogens is 343 g/mol. The fourth-order valence-corrected chi connectivity index (χ4v) is 2.65. The van der Waals surface area contributed by atoms with Gasteiger partial charge in [0.2, 0.25) is 5.91 Å². The van der Waals surface area contributed by atoms with Crippen molar-refractivity contribution in [2.45, 2.75) is 12.5 Å². The van der Waals surface area contributed by atoms with Crippen LogP contribution in [0, 0.1) is 5.82 Å². The first-order valence-corrected chi connectivity index (χ1v) is 8.58. The van der Waals surface area contributed by atoms with Crippen LogP contribution in [0.4, 0.5) is 10.1 Å². The fraction of sp³-hybridized carbons (Fsp3) is 0.0909. The highest BCUT2D eigenvalue weighted by atomic mass is 19.1. The lowest BCUT2D eigenvalue weighted by atomic mass is 10.0. The number of carbonyl (C=O) groups is 2. The van der Waals surface area contributed by atoms with E-state index in [1.165, 1.54) is 24.3 Å². The molecule has 2 amide bonds. The van der Waals surface area contributed by atoms with Crippen molar-refractivity contribution < 1.29 is 14.0 Å². The largest absolute Gasteiger partial charge is 0.340 e. The van der Waals surface area contributed by atoms with E-state index in [9.17, 15) is 14.0 Å². The molecule has 1 atom stereocenters. The van der Waals surface area contributed by atoms with Crippen molar-refractivity contribution in [3.05, 3.63) is 102 Å². The monoisotopic (exact) mass is 362 g/mol. The van der Waals surface area contributed by atoms with E-state index in [1.54, 1.807) is 24.3 Å². The number of carbonyl (C=O) groups excluding carboxylic acids is 2. The predicted molar refractivity (Wildman–Crippen MR) is 103 cm³/mol. The minimum absolute atomic E-state index is 0.328. The van der Waals surface area contributed by atoms with E-state index in [0.29, 0.717) is 17.7 Å². The molecule has 0 aliphatic rings. The summed E-state index contributed by atoms with van der Waals surface area (Å²) in [5, 5.41) is 5.51. The van der Waals surface area contributed by atoms with Crippen molar-refractivity contribution >= 4 is 17.5 Å². The van der Waals surface area contributed by atoms with Crippen LogP contribution < -0.4 is 10.6 Å². The number of hydrogen-bond donors (Lipinski definition) is 2. The minimum Gasteiger partial charge on any atom is -0.340 e. The highest BCUT2D eigenvalue weighted by Gasteiger charge is 2.22. The highest BCUT2D eigenvalue weighted by molar-refractivity contribution is 6.01. The van der Waals surface area contributed by atoms with Crippen molar-refractivity contribution in [2.75, 3.05) is 5.32 Å². The molecule has 0 heterocycles. The van der Waals surface area contributed by atoms with E-state index < -0.39 is 6.04 Å². The van der Waals surface area contributed by atoms with Crippen LogP contribution >= 0.6 is 0 Å². The molecule has 5 heteroatoms. The van der Waals surface area contributed by atoms with Gasteiger partial charge in [0, 0.05) is 17.7 Å². The third kappa shape index (κ3) is 5.25. The molecule has 136 valence electrons. The molecule has 0 aliphatic carbocycles. The van der Waals surface area contributed by atoms with E-state index in [0.717, 1.165) is 5.56 Å². The maximum absolute atomic E-state index is 13.1. The zero-order valence-corrected chi connectivity index (χ0v) is 14.6. The van der Waals surface area contributed by atoms with Crippen molar-refractivity contribution in [1.29, 1.82) is 0 Å². The molecule has 27 heavy (non-hydrogen) atoms. The Morgan fingerprint density at radius 3 is 2.04 bits per heavy atom. The van der Waals surface area contributed by atoms with Crippen LogP contribution in [-0.2, 0) is 11.2 Å². The standard InChI is InChI=1S/C22H19FN2O2/c23-18-11-13-19(14-12-18)24-22(27)20(15-16-7-3-1-4-8-16)25-21(26)17-9-5-2-6-10-17/h1-14,20H,15H2,(H,24,27)(H,25,26). The van der Waals surface area contributed by atoms with Gasteiger partial charge in [-0.05, 0) is 42.0 Å². The lowest BCUT2D eigenvalue weighted by molar-refractivity contribution is -0.118. The first-order chi connectivity index (χ1) is 13.1. The van der Waals surface area contributed by atoms with E-state index in [2.05, 4.69) is 10.6 Å². The Morgan fingerprint density at radius 2 is 1.41 bits per heavy atom. The Labute approximate surface area is 157 Å². The van der Waals surface area contributed by atoms with Gasteiger partial charge in [-0.2, -0.15) is 0 Å². The molecule has 3 aromatic rings. The van der Waals surface area contributed by atoms with Gasteiger partial charge in [-0.25, -0.2) is 4.39 Å². The molecule has 0 aromatic heterocycles. The molecule has 0 saturated heterocycles. The summed E-state index contributed by atoms with van der Waals surface area (Å²) in [6, 6.07) is 22.9. The third-order valence-electron chi connectivity index (χ3n) is 4.05. The van der Waals surface area contributed by atoms with Crippen LogP contribution in [0.3, 0.4) is 0 Å². The highest BCUT2D eigenvalue weighted by Crippen LogP contribution is 2.11. The van der Waals surface area contributed by atoms with Gasteiger partial charge >= 0.3 is 0 Å². The summed E-state index contributed by atoms with van der Waals surface area (Å²) in [6.45, 7) is 0. The number of hydrogen-bond acceptors (Lipinski definition) is 2. The summed E-state index contributed by atoms with van der Waals surface area (Å²) in [6.07, 6.45) is 0.340. The van der Waals surface area contributed by atoms with Crippen LogP contribution in [0.5, 0.6) is 0 Å². The minimum atomic E-state index is -0.773. The van der Waals surface area contributed by atoms with Crippen molar-refractivity contribution in [3.63, 3.8) is 0 Å². The molecule has 0 bridgehead atoms. The molecule has 1 unspecified atom stereocenters. The Balaban J connectivity index is 1.77. The van der Waals surface area contributed by atoms with E-state index >= 15 is 0 Å². The summed E-state index contributed by atoms with van der Waals surface area (Å²) in [4.78, 5) is 25.3. The lowest BCUT2D eigenvalue weighted by Crippen LogP contribution is -2.45. The molecule has 0 fully saturated rings. The van der Waals surface area contributed by atoms with Crippen LogP contribution in [0.2, 0.25) is 0 Å². The summed E-state index contributed by atoms with van der Waals surface area (Å²) in [5.74, 6) is -1.08. The van der Waals surface area contributed by atoms with Gasteiger partial charge in [-0.15, -0.1) is 0 Å². The predicted octanol–water partition coefficient (Wildman–Crippen LogP) is 3.81. The van der Waals surface area contributed by atoms with Gasteiger partial charge in [0.15, 0.2) is 0 Å². The maximum atomic E-state index is 13.1. The molecule has 2 N–H and O–H groups in total. The third-order valence-corrected chi connectivity index (χ3v) is 4.05. The normalized spacial score (nSPS) is 11.4. The Hall–Kier alpha value is -3.47. The van der Waals surface area contributed by atoms with Crippen molar-refractivity contribution in [2.24, 2.45) is 0 Å². The second-order valence-corrected chi connectivity index (χ2v) is 6.08. The van der Waals surface area contributed by atoms with E-state index in [1.807, 2.05) is 36.4 Å². The number of halogens is 1. The average molecular weight is 362 g/mol. The van der Waals surface area contributed by atoms with E-state index in [4.69, 9.17) is 0 Å². The number of anilines is 1. The first kappa shape index (κ1) is 18.3. The summed E-state index contributed by atoms with van der Waals surface area (Å²) in [7, 11) is 0. The second-order valence-electron chi connectivity index (χ2n) is 6.08. The molecule has 0 saturated carbocycles. The zero-order chi connectivity index (χ0) is 19.1. The van der Waals surface area contributed by atoms with Crippen LogP contribution in [0.1, 0.15) is 15.9 Å². The van der Waals surface area contributed by atoms with Crippen molar-refractivity contribution in [1.82, 2.24) is 5.32 Å². The summed E-state index contributed by atoms with van der Waals surface area (Å²) >= 11 is 0. The SMILES string of the molecule is O=C(NC(Cc1ccccc1)C(=O)Nc1ccc(F)cc1)c1ccccc1. The van der Waals surface area contributed by atoms with Gasteiger partial charge in [0.05, 0.1) is 0 Å². The van der Waals surface area contributed by atoms with Crippen LogP contribution in [-0.4, -0.2) is 17.9 Å². The average Bonchev–Trinajstić information content (AvgIpc) is 2.70. The summed E-state index contributed by atoms with van der Waals surface area (Å²) < 4.78 is 13.1. The van der Waals surface area contributed by atoms with Gasteiger partial charge in [0.1, 0.15) is 11.9 Å². The Kier molecular flexibility index (Phi) is 5.94. The molecular formula is C22H19FN2O2. The zero-order valence-electron chi connectivity index (χ0n) is 14.6. The Bertz CT molecular complexity index is 897. The summed E-state index contributed by atoms with van der Waals surface area (Å²) in [5.41, 5.74) is 1.86. The smallest absolute Gasteiger partial charge is 0.251 e. The molecule has 0 spiro atoms. The fourth-order valence-electron chi connectivity index (χ4n) is 2.65. The Morgan fingerprint density at radius 1 is 0.815 bits per heavy atom. The molecule has 0 radical (unpaired) electrons. The second kappa shape index (κ2) is 8.76. The van der Waals surface area contributed by atoms with E-state index in [-0.39, 0.29) is 17.6 Å². The van der Waals surface area contributed by atoms with Gasteiger partial charge in [0.25, 0.3) is 5.91 Å². The van der Waals surface area contributed by atoms with Crippen LogP contribution in [0.15, 0.2) is 84.9 Å². The van der Waals surface area contributed by atoms with Gasteiger partial charge in [-0.1, -0.05) is 48.5 Å². The van der Waals surface area contributed by atoms with Crippen LogP contribution in [0.25, 0.3) is 0 Å². The quantitative estimate of drug-likeness (QED) is 0.701. The lowest BCUT2D eigenvalue weighted by Gasteiger charge is -2.19. The molecule has 3 aromatic carbocycles. The topological polar surface area (TPSA) is 58.2 Å². The number of nitrogens with one attached hydrogen (secondary N) is 2. The molecule has 0 aliphatic heterocycles. The van der Waals surface area contributed by atoms with Crippen molar-refractivity contribution in [3.8, 4) is 0 Å². The maximum Gasteiger partial charge on any atom is 0.251 e. The number of amides is 2.